The van der Waals surface area contributed by atoms with E-state index < -0.39 is 20.5 Å². The number of likely N-dealkylation sites (tertiary alicyclic amines) is 1. The summed E-state index contributed by atoms with van der Waals surface area (Å²) in [5, 5.41) is 21.9. The Morgan fingerprint density at radius 1 is 0.966 bits per heavy atom. The lowest BCUT2D eigenvalue weighted by atomic mass is 10.1. The average Bonchev–Trinajstić information content (AvgIpc) is 2.88. The third-order valence-corrected chi connectivity index (χ3v) is 10.8. The molecule has 1 heterocycles. The van der Waals surface area contributed by atoms with E-state index in [0.29, 0.717) is 12.8 Å². The van der Waals surface area contributed by atoms with Crippen molar-refractivity contribution >= 4 is 24.8 Å². The largest absolute Gasteiger partial charge is 0.465 e. The lowest BCUT2D eigenvalue weighted by Crippen LogP contribution is -2.68. The number of β-amino-alcohol motifs (C(OH)–C–C–N with tert-alkyl or cyclic N) is 1. The molecule has 1 amide bonds. The molecule has 0 radical (unpaired) electrons. The van der Waals surface area contributed by atoms with Crippen molar-refractivity contribution in [3.63, 3.8) is 0 Å². The van der Waals surface area contributed by atoms with Crippen molar-refractivity contribution in [3.8, 4) is 0 Å². The van der Waals surface area contributed by atoms with E-state index in [0.717, 1.165) is 0 Å². The molecule has 0 aliphatic carbocycles. The van der Waals surface area contributed by atoms with E-state index in [-0.39, 0.29) is 24.2 Å². The molecular weight excluding hydrogens is 382 g/mol. The summed E-state index contributed by atoms with van der Waals surface area (Å²) in [5.41, 5.74) is 0. The summed E-state index contributed by atoms with van der Waals surface area (Å²) >= 11 is 0. The van der Waals surface area contributed by atoms with E-state index in [2.05, 4.69) is 45.0 Å². The van der Waals surface area contributed by atoms with Gasteiger partial charge in [0.05, 0.1) is 18.8 Å². The van der Waals surface area contributed by atoms with Crippen LogP contribution in [0.25, 0.3) is 0 Å². The van der Waals surface area contributed by atoms with Gasteiger partial charge < -0.3 is 19.5 Å². The van der Waals surface area contributed by atoms with Gasteiger partial charge in [0, 0.05) is 6.54 Å². The summed E-state index contributed by atoms with van der Waals surface area (Å²) in [7, 11) is -2.75. The smallest absolute Gasteiger partial charge is 0.407 e. The fourth-order valence-corrected chi connectivity index (χ4v) is 9.04. The number of amides is 1. The van der Waals surface area contributed by atoms with Crippen LogP contribution < -0.4 is 10.4 Å². The number of benzene rings is 2. The number of carboxylic acid groups (broad SMARTS) is 1. The third-order valence-electron chi connectivity index (χ3n) is 5.71. The van der Waals surface area contributed by atoms with Gasteiger partial charge in [-0.3, -0.25) is 0 Å². The zero-order valence-electron chi connectivity index (χ0n) is 17.4. The number of carbonyl (C=O) groups is 1. The van der Waals surface area contributed by atoms with Gasteiger partial charge in [0.2, 0.25) is 0 Å². The van der Waals surface area contributed by atoms with Crippen LogP contribution in [0.2, 0.25) is 5.04 Å². The summed E-state index contributed by atoms with van der Waals surface area (Å²) in [6.45, 7) is 7.03. The molecule has 1 aliphatic rings. The van der Waals surface area contributed by atoms with Crippen molar-refractivity contribution in [1.29, 1.82) is 0 Å². The van der Waals surface area contributed by atoms with Crippen molar-refractivity contribution in [3.05, 3.63) is 60.7 Å². The lowest BCUT2D eigenvalue weighted by molar-refractivity contribution is 0.0941. The average molecular weight is 414 g/mol. The van der Waals surface area contributed by atoms with Gasteiger partial charge in [-0.25, -0.2) is 4.79 Å². The first-order valence-corrected chi connectivity index (χ1v) is 12.1. The molecule has 2 aromatic carbocycles. The van der Waals surface area contributed by atoms with Crippen molar-refractivity contribution in [2.45, 2.75) is 50.9 Å². The van der Waals surface area contributed by atoms with E-state index in [4.69, 9.17) is 4.43 Å². The SMILES string of the molecule is CC(C)(C)[Si](O[C@@H]1CC[C@H](O)CN(C(=O)O)C1)(c1ccccc1)c1ccccc1. The summed E-state index contributed by atoms with van der Waals surface area (Å²) < 4.78 is 7.05. The van der Waals surface area contributed by atoms with E-state index in [9.17, 15) is 15.0 Å². The highest BCUT2D eigenvalue weighted by Gasteiger charge is 2.51. The van der Waals surface area contributed by atoms with Gasteiger partial charge in [0.15, 0.2) is 0 Å². The Balaban J connectivity index is 2.09. The van der Waals surface area contributed by atoms with E-state index in [1.807, 2.05) is 36.4 Å². The Labute approximate surface area is 174 Å². The molecule has 5 nitrogen and oxygen atoms in total. The maximum absolute atomic E-state index is 11.7. The maximum atomic E-state index is 11.7. The van der Waals surface area contributed by atoms with Crippen molar-refractivity contribution in [1.82, 2.24) is 4.90 Å². The minimum Gasteiger partial charge on any atom is -0.465 e. The second kappa shape index (κ2) is 8.69. The molecule has 6 heteroatoms. The highest BCUT2D eigenvalue weighted by atomic mass is 28.4. The first kappa shape index (κ1) is 21.6. The minimum atomic E-state index is -2.75. The molecule has 2 aromatic rings. The van der Waals surface area contributed by atoms with Crippen LogP contribution in [0.15, 0.2) is 60.7 Å². The topological polar surface area (TPSA) is 70.0 Å². The molecule has 3 rings (SSSR count). The zero-order chi connectivity index (χ0) is 21.1. The fourth-order valence-electron chi connectivity index (χ4n) is 4.33. The van der Waals surface area contributed by atoms with Gasteiger partial charge in [-0.15, -0.1) is 0 Å². The zero-order valence-corrected chi connectivity index (χ0v) is 18.4. The Morgan fingerprint density at radius 2 is 1.48 bits per heavy atom. The summed E-state index contributed by atoms with van der Waals surface area (Å²) in [4.78, 5) is 13.0. The van der Waals surface area contributed by atoms with E-state index >= 15 is 0 Å². The molecule has 2 atom stereocenters. The van der Waals surface area contributed by atoms with E-state index in [1.54, 1.807) is 0 Å². The van der Waals surface area contributed by atoms with Crippen LogP contribution in [0.1, 0.15) is 33.6 Å². The van der Waals surface area contributed by atoms with Crippen LogP contribution in [-0.4, -0.2) is 54.8 Å². The lowest BCUT2D eigenvalue weighted by Gasteiger charge is -2.45. The van der Waals surface area contributed by atoms with E-state index in [1.165, 1.54) is 15.3 Å². The second-order valence-electron chi connectivity index (χ2n) is 8.82. The molecule has 1 fully saturated rings. The van der Waals surface area contributed by atoms with Crippen molar-refractivity contribution in [2.75, 3.05) is 13.1 Å². The van der Waals surface area contributed by atoms with Crippen LogP contribution in [0.5, 0.6) is 0 Å². The van der Waals surface area contributed by atoms with Crippen LogP contribution >= 0.6 is 0 Å². The first-order valence-electron chi connectivity index (χ1n) is 10.2. The van der Waals surface area contributed by atoms with Crippen molar-refractivity contribution < 1.29 is 19.4 Å². The molecule has 0 saturated carbocycles. The molecule has 0 unspecified atom stereocenters. The predicted molar refractivity (Wildman–Crippen MR) is 117 cm³/mol. The first-order chi connectivity index (χ1) is 13.7. The number of hydrogen-bond donors (Lipinski definition) is 2. The van der Waals surface area contributed by atoms with Gasteiger partial charge in [-0.05, 0) is 28.3 Å². The Bertz CT molecular complexity index is 767. The monoisotopic (exact) mass is 413 g/mol. The Morgan fingerprint density at radius 3 is 1.93 bits per heavy atom. The molecule has 29 heavy (non-hydrogen) atoms. The number of nitrogens with zero attached hydrogens (tertiary/aromatic N) is 1. The van der Waals surface area contributed by atoms with Gasteiger partial charge in [0.25, 0.3) is 8.32 Å². The predicted octanol–water partition coefficient (Wildman–Crippen LogP) is 3.07. The Hall–Kier alpha value is -2.15. The third kappa shape index (κ3) is 4.55. The molecule has 0 spiro atoms. The number of rotatable bonds is 4. The van der Waals surface area contributed by atoms with Crippen LogP contribution in [0.3, 0.4) is 0 Å². The molecule has 1 aliphatic heterocycles. The van der Waals surface area contributed by atoms with Crippen molar-refractivity contribution in [2.24, 2.45) is 0 Å². The number of hydrogen-bond acceptors (Lipinski definition) is 3. The van der Waals surface area contributed by atoms with Gasteiger partial charge in [-0.2, -0.15) is 0 Å². The molecule has 2 N–H and O–H groups in total. The molecule has 156 valence electrons. The minimum absolute atomic E-state index is 0.135. The fraction of sp³-hybridized carbons (Fsp3) is 0.435. The molecule has 0 aromatic heterocycles. The summed E-state index contributed by atoms with van der Waals surface area (Å²) in [5.74, 6) is 0. The number of aliphatic hydroxyl groups excluding tert-OH is 1. The van der Waals surface area contributed by atoms with Crippen LogP contribution in [0, 0.1) is 0 Å². The quantitative estimate of drug-likeness (QED) is 0.756. The normalized spacial score (nSPS) is 20.9. The standard InChI is InChI=1S/C23H31NO4Si/c1-23(2,3)29(20-10-6-4-7-11-20,21-12-8-5-9-13-21)28-19-15-14-18(25)16-24(17-19)22(26)27/h4-13,18-19,25H,14-17H2,1-3H3,(H,26,27)/t18-,19+/m0/s1. The highest BCUT2D eigenvalue weighted by Crippen LogP contribution is 2.38. The summed E-state index contributed by atoms with van der Waals surface area (Å²) in [6.07, 6.45) is -0.766. The Kier molecular flexibility index (Phi) is 6.46. The maximum Gasteiger partial charge on any atom is 0.407 e. The van der Waals surface area contributed by atoms with Gasteiger partial charge >= 0.3 is 6.09 Å². The van der Waals surface area contributed by atoms with Gasteiger partial charge in [0.1, 0.15) is 0 Å². The van der Waals surface area contributed by atoms with Crippen LogP contribution in [0.4, 0.5) is 4.79 Å². The van der Waals surface area contributed by atoms with Gasteiger partial charge in [-0.1, -0.05) is 81.4 Å². The molecular formula is C23H31NO4Si. The highest BCUT2D eigenvalue weighted by molar-refractivity contribution is 6.99. The molecule has 1 saturated heterocycles. The number of aliphatic hydroxyl groups is 1. The summed E-state index contributed by atoms with van der Waals surface area (Å²) in [6, 6.07) is 20.7. The second-order valence-corrected chi connectivity index (χ2v) is 13.1. The molecule has 0 bridgehead atoms. The van der Waals surface area contributed by atoms with Crippen LogP contribution in [-0.2, 0) is 4.43 Å².